The molecule has 0 spiro atoms. The van der Waals surface area contributed by atoms with E-state index in [0.717, 1.165) is 5.39 Å². The Morgan fingerprint density at radius 3 is 2.53 bits per heavy atom. The van der Waals surface area contributed by atoms with Gasteiger partial charge in [-0.2, -0.15) is 0 Å². The van der Waals surface area contributed by atoms with Gasteiger partial charge in [-0.15, -0.1) is 0 Å². The number of benzene rings is 2. The van der Waals surface area contributed by atoms with Gasteiger partial charge in [0.15, 0.2) is 0 Å². The fourth-order valence-electron chi connectivity index (χ4n) is 1.68. The first-order chi connectivity index (χ1) is 7.87. The second-order valence-electron chi connectivity index (χ2n) is 3.61. The molecule has 1 N–H and O–H groups in total. The number of hydrogen-bond acceptors (Lipinski definition) is 3. The topological polar surface area (TPSA) is 54.4 Å². The monoisotopic (exact) mass is 290 g/mol. The van der Waals surface area contributed by atoms with Crippen LogP contribution in [0.25, 0.3) is 10.8 Å². The van der Waals surface area contributed by atoms with Gasteiger partial charge in [0.1, 0.15) is 5.75 Å². The molecule has 0 radical (unpaired) electrons. The van der Waals surface area contributed by atoms with Gasteiger partial charge in [-0.3, -0.25) is 0 Å². The maximum atomic E-state index is 11.1. The third-order valence-electron chi connectivity index (χ3n) is 2.39. The average Bonchev–Trinajstić information content (AvgIpc) is 2.21. The van der Waals surface area contributed by atoms with E-state index >= 15 is 0 Å². The van der Waals surface area contributed by atoms with E-state index in [4.69, 9.17) is 22.3 Å². The number of hydrogen-bond donors (Lipinski definition) is 1. The molecule has 6 heteroatoms. The van der Waals surface area contributed by atoms with Crippen LogP contribution < -0.4 is 0 Å². The highest BCUT2D eigenvalue weighted by molar-refractivity contribution is 8.13. The summed E-state index contributed by atoms with van der Waals surface area (Å²) in [6.07, 6.45) is 0. The second-order valence-corrected chi connectivity index (χ2v) is 6.83. The summed E-state index contributed by atoms with van der Waals surface area (Å²) < 4.78 is 22.2. The van der Waals surface area contributed by atoms with E-state index in [2.05, 4.69) is 0 Å². The van der Waals surface area contributed by atoms with Gasteiger partial charge >= 0.3 is 0 Å². The number of fused-ring (bicyclic) bond motifs is 1. The maximum absolute atomic E-state index is 11.1. The van der Waals surface area contributed by atoms with Crippen LogP contribution in [0.4, 0.5) is 0 Å². The van der Waals surface area contributed by atoms with Crippen LogP contribution in [0.5, 0.6) is 5.75 Å². The average molecular weight is 291 g/mol. The zero-order chi connectivity index (χ0) is 12.6. The molecule has 2 aromatic carbocycles. The van der Waals surface area contributed by atoms with Crippen molar-refractivity contribution in [2.75, 3.05) is 0 Å². The number of aromatic hydroxyl groups is 1. The summed E-state index contributed by atoms with van der Waals surface area (Å²) in [5.74, 6) is -0.511. The molecule has 0 atom stereocenters. The molecule has 2 aromatic rings. The van der Waals surface area contributed by atoms with E-state index in [1.165, 1.54) is 6.07 Å². The quantitative estimate of drug-likeness (QED) is 0.864. The molecule has 0 aliphatic carbocycles. The van der Waals surface area contributed by atoms with Crippen LogP contribution in [0.3, 0.4) is 0 Å². The summed E-state index contributed by atoms with van der Waals surface area (Å²) in [5, 5.41) is 11.6. The molecule has 0 aromatic heterocycles. The van der Waals surface area contributed by atoms with Gasteiger partial charge in [-0.25, -0.2) is 8.42 Å². The van der Waals surface area contributed by atoms with Crippen LogP contribution >= 0.6 is 22.3 Å². The minimum atomic E-state index is -3.72. The highest BCUT2D eigenvalue weighted by Gasteiger charge is 2.14. The molecule has 0 fully saturated rings. The Kier molecular flexibility index (Phi) is 3.21. The first kappa shape index (κ1) is 12.5. The second kappa shape index (κ2) is 4.37. The van der Waals surface area contributed by atoms with Crippen molar-refractivity contribution in [3.05, 3.63) is 40.9 Å². The Hall–Kier alpha value is -0.970. The molecule has 3 nitrogen and oxygen atoms in total. The van der Waals surface area contributed by atoms with E-state index in [9.17, 15) is 13.5 Å². The Labute approximate surface area is 108 Å². The molecule has 2 rings (SSSR count). The van der Waals surface area contributed by atoms with Crippen molar-refractivity contribution in [3.63, 3.8) is 0 Å². The van der Waals surface area contributed by atoms with Crippen molar-refractivity contribution < 1.29 is 13.5 Å². The van der Waals surface area contributed by atoms with Crippen molar-refractivity contribution in [2.24, 2.45) is 0 Å². The molecule has 0 unspecified atom stereocenters. The van der Waals surface area contributed by atoms with Crippen LogP contribution in [0.1, 0.15) is 5.56 Å². The van der Waals surface area contributed by atoms with Gasteiger partial charge in [0.25, 0.3) is 0 Å². The van der Waals surface area contributed by atoms with Crippen molar-refractivity contribution >= 4 is 42.1 Å². The fraction of sp³-hybridized carbons (Fsp3) is 0.0909. The standard InChI is InChI=1S/C11H8Cl2O3S/c12-8-2-3-9-7(5-8)1-4-11(14)10(9)6-17(13,15)16/h1-5,14H,6H2. The predicted molar refractivity (Wildman–Crippen MR) is 69.1 cm³/mol. The first-order valence-corrected chi connectivity index (χ1v) is 7.55. The molecule has 0 amide bonds. The van der Waals surface area contributed by atoms with Crippen molar-refractivity contribution in [3.8, 4) is 5.75 Å². The minimum absolute atomic E-state index is 0.0935. The number of phenolic OH excluding ortho intramolecular Hbond substituents is 1. The van der Waals surface area contributed by atoms with E-state index in [1.807, 2.05) is 0 Å². The normalized spacial score (nSPS) is 11.9. The summed E-state index contributed by atoms with van der Waals surface area (Å²) in [6, 6.07) is 8.08. The smallest absolute Gasteiger partial charge is 0.236 e. The lowest BCUT2D eigenvalue weighted by atomic mass is 10.0. The first-order valence-electron chi connectivity index (χ1n) is 4.69. The third-order valence-corrected chi connectivity index (χ3v) is 3.58. The molecular weight excluding hydrogens is 283 g/mol. The van der Waals surface area contributed by atoms with Gasteiger partial charge in [0.2, 0.25) is 9.05 Å². The largest absolute Gasteiger partial charge is 0.508 e. The van der Waals surface area contributed by atoms with E-state index in [1.54, 1.807) is 24.3 Å². The summed E-state index contributed by atoms with van der Waals surface area (Å²) in [4.78, 5) is 0. The number of phenols is 1. The number of halogens is 2. The summed E-state index contributed by atoms with van der Waals surface area (Å²) in [6.45, 7) is 0. The van der Waals surface area contributed by atoms with E-state index in [-0.39, 0.29) is 11.3 Å². The molecule has 0 aliphatic heterocycles. The molecule has 0 heterocycles. The molecule has 17 heavy (non-hydrogen) atoms. The molecule has 0 aliphatic rings. The summed E-state index contributed by atoms with van der Waals surface area (Å²) in [7, 11) is 1.48. The fourth-order valence-corrected chi connectivity index (χ4v) is 2.83. The molecular formula is C11H8Cl2O3S. The van der Waals surface area contributed by atoms with Crippen LogP contribution in [-0.2, 0) is 14.8 Å². The van der Waals surface area contributed by atoms with Gasteiger partial charge < -0.3 is 5.11 Å². The Morgan fingerprint density at radius 1 is 1.18 bits per heavy atom. The lowest BCUT2D eigenvalue weighted by Crippen LogP contribution is -1.96. The zero-order valence-electron chi connectivity index (χ0n) is 8.52. The molecule has 0 saturated heterocycles. The van der Waals surface area contributed by atoms with E-state index in [0.29, 0.717) is 10.4 Å². The molecule has 0 saturated carbocycles. The maximum Gasteiger partial charge on any atom is 0.236 e. The Bertz CT molecular complexity index is 680. The highest BCUT2D eigenvalue weighted by Crippen LogP contribution is 2.31. The van der Waals surface area contributed by atoms with Crippen LogP contribution in [0.15, 0.2) is 30.3 Å². The van der Waals surface area contributed by atoms with Gasteiger partial charge in [0, 0.05) is 21.3 Å². The zero-order valence-corrected chi connectivity index (χ0v) is 10.9. The van der Waals surface area contributed by atoms with Crippen LogP contribution in [-0.4, -0.2) is 13.5 Å². The van der Waals surface area contributed by atoms with Gasteiger partial charge in [0.05, 0.1) is 5.75 Å². The van der Waals surface area contributed by atoms with Crippen molar-refractivity contribution in [1.29, 1.82) is 0 Å². The van der Waals surface area contributed by atoms with Crippen LogP contribution in [0.2, 0.25) is 5.02 Å². The lowest BCUT2D eigenvalue weighted by Gasteiger charge is -2.07. The minimum Gasteiger partial charge on any atom is -0.508 e. The Morgan fingerprint density at radius 2 is 1.88 bits per heavy atom. The molecule has 0 bridgehead atoms. The third kappa shape index (κ3) is 2.83. The highest BCUT2D eigenvalue weighted by atomic mass is 35.7. The number of rotatable bonds is 2. The van der Waals surface area contributed by atoms with Crippen LogP contribution in [0, 0.1) is 0 Å². The van der Waals surface area contributed by atoms with Crippen molar-refractivity contribution in [1.82, 2.24) is 0 Å². The predicted octanol–water partition coefficient (Wildman–Crippen LogP) is 3.27. The summed E-state index contributed by atoms with van der Waals surface area (Å²) >= 11 is 5.84. The van der Waals surface area contributed by atoms with E-state index < -0.39 is 14.8 Å². The van der Waals surface area contributed by atoms with Crippen molar-refractivity contribution in [2.45, 2.75) is 5.75 Å². The SMILES string of the molecule is O=S(=O)(Cl)Cc1c(O)ccc2cc(Cl)ccc12. The lowest BCUT2D eigenvalue weighted by molar-refractivity contribution is 0.471. The summed E-state index contributed by atoms with van der Waals surface area (Å²) in [5.41, 5.74) is 0.286. The molecule has 90 valence electrons. The van der Waals surface area contributed by atoms with Gasteiger partial charge in [-0.05, 0) is 29.0 Å². The van der Waals surface area contributed by atoms with Gasteiger partial charge in [-0.1, -0.05) is 23.7 Å². The Balaban J connectivity index is 2.72.